The summed E-state index contributed by atoms with van der Waals surface area (Å²) in [6.45, 7) is 6.25. The maximum absolute atomic E-state index is 13.6. The van der Waals surface area contributed by atoms with Crippen LogP contribution in [0.5, 0.6) is 5.75 Å². The minimum atomic E-state index is -0.511. The van der Waals surface area contributed by atoms with Crippen LogP contribution in [0.3, 0.4) is 0 Å². The quantitative estimate of drug-likeness (QED) is 0.506. The van der Waals surface area contributed by atoms with Crippen LogP contribution in [0.4, 0.5) is 10.8 Å². The molecule has 3 aromatic rings. The Labute approximate surface area is 204 Å². The van der Waals surface area contributed by atoms with E-state index in [1.807, 2.05) is 55.5 Å². The van der Waals surface area contributed by atoms with Crippen LogP contribution in [0.1, 0.15) is 48.9 Å². The molecule has 0 spiro atoms. The standard InChI is InChI=1S/C26H30N4O3S/c1-16(2)15-22-28-29-26(34-22)27-25(32)20-13-14-23(31)30(18-11-9-17(3)10-12-18)24(20)19-7-5-6-8-21(19)33-4/h5-12,16,20,24H,13-15H2,1-4H3,(H,27,29,32). The van der Waals surface area contributed by atoms with Crippen LogP contribution in [-0.4, -0.2) is 29.1 Å². The molecule has 2 aromatic carbocycles. The van der Waals surface area contributed by atoms with Crippen molar-refractivity contribution in [3.8, 4) is 5.75 Å². The first-order chi connectivity index (χ1) is 16.4. The zero-order valence-corrected chi connectivity index (χ0v) is 20.8. The van der Waals surface area contributed by atoms with Gasteiger partial charge in [-0.3, -0.25) is 9.59 Å². The van der Waals surface area contributed by atoms with Gasteiger partial charge >= 0.3 is 0 Å². The Morgan fingerprint density at radius 2 is 1.91 bits per heavy atom. The van der Waals surface area contributed by atoms with E-state index in [0.717, 1.165) is 28.2 Å². The SMILES string of the molecule is COc1ccccc1C1C(C(=O)Nc2nnc(CC(C)C)s2)CCC(=O)N1c1ccc(C)cc1. The van der Waals surface area contributed by atoms with Crippen molar-refractivity contribution < 1.29 is 14.3 Å². The third-order valence-corrected chi connectivity index (χ3v) is 6.84. The van der Waals surface area contributed by atoms with Gasteiger partial charge in [-0.25, -0.2) is 0 Å². The number of ether oxygens (including phenoxy) is 1. The lowest BCUT2D eigenvalue weighted by Crippen LogP contribution is -2.47. The summed E-state index contributed by atoms with van der Waals surface area (Å²) in [6, 6.07) is 14.9. The number of hydrogen-bond acceptors (Lipinski definition) is 6. The molecule has 1 aliphatic heterocycles. The molecule has 4 rings (SSSR count). The highest BCUT2D eigenvalue weighted by atomic mass is 32.1. The van der Waals surface area contributed by atoms with Gasteiger partial charge in [0.1, 0.15) is 10.8 Å². The molecule has 0 radical (unpaired) electrons. The molecule has 1 saturated heterocycles. The van der Waals surface area contributed by atoms with Gasteiger partial charge in [0.2, 0.25) is 16.9 Å². The third kappa shape index (κ3) is 5.12. The number of methoxy groups -OCH3 is 1. The number of para-hydroxylation sites is 1. The maximum atomic E-state index is 13.6. The van der Waals surface area contributed by atoms with Crippen molar-refractivity contribution in [3.05, 3.63) is 64.7 Å². The van der Waals surface area contributed by atoms with Gasteiger partial charge in [-0.1, -0.05) is 61.1 Å². The second-order valence-electron chi connectivity index (χ2n) is 9.02. The number of rotatable bonds is 7. The molecule has 1 aromatic heterocycles. The number of amides is 2. The Hall–Kier alpha value is -3.26. The van der Waals surface area contributed by atoms with Crippen LogP contribution in [0.2, 0.25) is 0 Å². The first kappa shape index (κ1) is 23.9. The Balaban J connectivity index is 1.71. The highest BCUT2D eigenvalue weighted by Crippen LogP contribution is 2.43. The zero-order valence-electron chi connectivity index (χ0n) is 19.9. The summed E-state index contributed by atoms with van der Waals surface area (Å²) in [5, 5.41) is 12.7. The molecule has 34 heavy (non-hydrogen) atoms. The molecule has 2 heterocycles. The Morgan fingerprint density at radius 3 is 2.62 bits per heavy atom. The lowest BCUT2D eigenvalue weighted by Gasteiger charge is -2.41. The molecule has 0 saturated carbocycles. The van der Waals surface area contributed by atoms with E-state index in [0.29, 0.717) is 23.2 Å². The minimum Gasteiger partial charge on any atom is -0.496 e. The molecule has 0 aliphatic carbocycles. The van der Waals surface area contributed by atoms with E-state index in [4.69, 9.17) is 4.74 Å². The average molecular weight is 479 g/mol. The van der Waals surface area contributed by atoms with Gasteiger partial charge in [0, 0.05) is 24.1 Å². The number of nitrogens with zero attached hydrogens (tertiary/aromatic N) is 3. The van der Waals surface area contributed by atoms with Crippen LogP contribution < -0.4 is 15.0 Å². The number of carbonyl (C=O) groups is 2. The molecule has 178 valence electrons. The second-order valence-corrected chi connectivity index (χ2v) is 10.1. The van der Waals surface area contributed by atoms with Crippen LogP contribution in [0.15, 0.2) is 48.5 Å². The summed E-state index contributed by atoms with van der Waals surface area (Å²) < 4.78 is 5.63. The fourth-order valence-corrected chi connectivity index (χ4v) is 5.33. The van der Waals surface area contributed by atoms with Gasteiger partial charge in [0.25, 0.3) is 0 Å². The smallest absolute Gasteiger partial charge is 0.231 e. The molecule has 8 heteroatoms. The maximum Gasteiger partial charge on any atom is 0.231 e. The number of carbonyl (C=O) groups excluding carboxylic acids is 2. The van der Waals surface area contributed by atoms with E-state index in [2.05, 4.69) is 29.4 Å². The topological polar surface area (TPSA) is 84.4 Å². The molecule has 1 N–H and O–H groups in total. The lowest BCUT2D eigenvalue weighted by molar-refractivity contribution is -0.125. The van der Waals surface area contributed by atoms with Crippen molar-refractivity contribution in [1.82, 2.24) is 10.2 Å². The van der Waals surface area contributed by atoms with E-state index < -0.39 is 12.0 Å². The fourth-order valence-electron chi connectivity index (χ4n) is 4.38. The van der Waals surface area contributed by atoms with Gasteiger partial charge in [-0.05, 0) is 37.5 Å². The third-order valence-electron chi connectivity index (χ3n) is 5.98. The monoisotopic (exact) mass is 478 g/mol. The van der Waals surface area contributed by atoms with Gasteiger partial charge in [0.05, 0.1) is 19.1 Å². The highest BCUT2D eigenvalue weighted by Gasteiger charge is 2.42. The van der Waals surface area contributed by atoms with Crippen molar-refractivity contribution in [1.29, 1.82) is 0 Å². The van der Waals surface area contributed by atoms with Crippen LogP contribution in [0, 0.1) is 18.8 Å². The van der Waals surface area contributed by atoms with Crippen molar-refractivity contribution in [2.45, 2.75) is 46.1 Å². The first-order valence-electron chi connectivity index (χ1n) is 11.5. The van der Waals surface area contributed by atoms with E-state index in [1.54, 1.807) is 12.0 Å². The number of piperidine rings is 1. The molecule has 1 aliphatic rings. The summed E-state index contributed by atoms with van der Waals surface area (Å²) in [5.41, 5.74) is 2.67. The largest absolute Gasteiger partial charge is 0.496 e. The second kappa shape index (κ2) is 10.3. The van der Waals surface area contributed by atoms with Gasteiger partial charge in [0.15, 0.2) is 0 Å². The first-order valence-corrected chi connectivity index (χ1v) is 12.3. The molecule has 2 unspecified atom stereocenters. The van der Waals surface area contributed by atoms with Crippen LogP contribution in [0.25, 0.3) is 0 Å². The molecular weight excluding hydrogens is 448 g/mol. The summed E-state index contributed by atoms with van der Waals surface area (Å²) in [6.07, 6.45) is 1.54. The number of anilines is 2. The minimum absolute atomic E-state index is 0.0149. The fraction of sp³-hybridized carbons (Fsp3) is 0.385. The van der Waals surface area contributed by atoms with Crippen molar-refractivity contribution >= 4 is 34.0 Å². The number of aryl methyl sites for hydroxylation is 1. The summed E-state index contributed by atoms with van der Waals surface area (Å²) in [7, 11) is 1.60. The van der Waals surface area contributed by atoms with Crippen LogP contribution in [-0.2, 0) is 16.0 Å². The number of hydrogen-bond donors (Lipinski definition) is 1. The summed E-state index contributed by atoms with van der Waals surface area (Å²) in [4.78, 5) is 28.5. The Bertz CT molecular complexity index is 1160. The zero-order chi connectivity index (χ0) is 24.2. The van der Waals surface area contributed by atoms with Crippen LogP contribution >= 0.6 is 11.3 Å². The van der Waals surface area contributed by atoms with Crippen molar-refractivity contribution in [2.24, 2.45) is 11.8 Å². The molecule has 2 amide bonds. The predicted octanol–water partition coefficient (Wildman–Crippen LogP) is 5.18. The summed E-state index contributed by atoms with van der Waals surface area (Å²) in [5.74, 6) is 0.436. The molecular formula is C26H30N4O3S. The highest BCUT2D eigenvalue weighted by molar-refractivity contribution is 7.15. The molecule has 7 nitrogen and oxygen atoms in total. The van der Waals surface area contributed by atoms with Crippen molar-refractivity contribution in [2.75, 3.05) is 17.3 Å². The Kier molecular flexibility index (Phi) is 7.26. The normalized spacial score (nSPS) is 18.3. The Morgan fingerprint density at radius 1 is 1.18 bits per heavy atom. The van der Waals surface area contributed by atoms with E-state index in [1.165, 1.54) is 11.3 Å². The molecule has 2 atom stereocenters. The average Bonchev–Trinajstić information content (AvgIpc) is 3.25. The molecule has 1 fully saturated rings. The number of aromatic nitrogens is 2. The number of benzene rings is 2. The van der Waals surface area contributed by atoms with Gasteiger partial charge in [-0.2, -0.15) is 0 Å². The van der Waals surface area contributed by atoms with E-state index >= 15 is 0 Å². The molecule has 0 bridgehead atoms. The van der Waals surface area contributed by atoms with Crippen molar-refractivity contribution in [3.63, 3.8) is 0 Å². The predicted molar refractivity (Wildman–Crippen MR) is 134 cm³/mol. The van der Waals surface area contributed by atoms with E-state index in [-0.39, 0.29) is 18.2 Å². The number of nitrogens with one attached hydrogen (secondary N) is 1. The van der Waals surface area contributed by atoms with Gasteiger partial charge < -0.3 is 15.0 Å². The summed E-state index contributed by atoms with van der Waals surface area (Å²) >= 11 is 1.40. The van der Waals surface area contributed by atoms with Gasteiger partial charge in [-0.15, -0.1) is 10.2 Å². The van der Waals surface area contributed by atoms with E-state index in [9.17, 15) is 9.59 Å². The lowest BCUT2D eigenvalue weighted by atomic mass is 9.82.